The minimum atomic E-state index is -2.84. The second-order valence-corrected chi connectivity index (χ2v) is 2.42. The van der Waals surface area contributed by atoms with Gasteiger partial charge in [0.15, 0.2) is 0 Å². The summed E-state index contributed by atoms with van der Waals surface area (Å²) in [5, 5.41) is 0. The largest absolute Gasteiger partial charge is 0.426 e. The molecule has 0 radical (unpaired) electrons. The summed E-state index contributed by atoms with van der Waals surface area (Å²) in [6.45, 7) is 0. The van der Waals surface area contributed by atoms with Crippen LogP contribution in [-0.4, -0.2) is 4.89 Å². The van der Waals surface area contributed by atoms with Crippen LogP contribution in [0, 0.1) is 40.8 Å². The number of rotatable bonds is 2. The zero-order valence-electron chi connectivity index (χ0n) is 5.65. The van der Waals surface area contributed by atoms with Crippen LogP contribution in [0.2, 0.25) is 0 Å². The van der Waals surface area contributed by atoms with Gasteiger partial charge in [-0.25, -0.2) is 4.57 Å². The van der Waals surface area contributed by atoms with Gasteiger partial charge in [0, 0.05) is 40.8 Å². The van der Waals surface area contributed by atoms with E-state index in [1.807, 2.05) is 0 Å². The predicted molar refractivity (Wildman–Crippen MR) is 38.3 cm³/mol. The van der Waals surface area contributed by atoms with E-state index in [4.69, 9.17) is 4.89 Å². The second kappa shape index (κ2) is 6.12. The normalized spacial score (nSPS) is 11.4. The Labute approximate surface area is 98.2 Å². The van der Waals surface area contributed by atoms with Crippen LogP contribution >= 0.6 is 8.25 Å². The molecule has 1 unspecified atom stereocenters. The van der Waals surface area contributed by atoms with Crippen molar-refractivity contribution in [2.24, 2.45) is 0 Å². The maximum atomic E-state index is 10.1. The van der Waals surface area contributed by atoms with Crippen molar-refractivity contribution < 1.29 is 54.8 Å². The molecule has 0 amide bonds. The van der Waals surface area contributed by atoms with E-state index in [2.05, 4.69) is 4.52 Å². The van der Waals surface area contributed by atoms with Gasteiger partial charge in [0.2, 0.25) is 0 Å². The standard InChI is InChI=1S/C6H7O3P.Nd/c7-10(8)9-6-4-2-1-3-5-6;/h1-5,10H,(H,7,8);. The van der Waals surface area contributed by atoms with E-state index in [0.29, 0.717) is 5.75 Å². The Hall–Kier alpha value is 0.561. The van der Waals surface area contributed by atoms with Gasteiger partial charge in [0.05, 0.1) is 0 Å². The Balaban J connectivity index is 0.000001000. The minimum Gasteiger partial charge on any atom is -0.426 e. The van der Waals surface area contributed by atoms with Gasteiger partial charge in [-0.2, -0.15) is 0 Å². The number of hydrogen-bond acceptors (Lipinski definition) is 2. The summed E-state index contributed by atoms with van der Waals surface area (Å²) < 4.78 is 14.6. The van der Waals surface area contributed by atoms with Gasteiger partial charge in [-0.15, -0.1) is 0 Å². The zero-order chi connectivity index (χ0) is 7.40. The van der Waals surface area contributed by atoms with Crippen LogP contribution in [0.5, 0.6) is 5.75 Å². The van der Waals surface area contributed by atoms with E-state index < -0.39 is 8.25 Å². The first kappa shape index (κ1) is 11.6. The van der Waals surface area contributed by atoms with E-state index in [1.54, 1.807) is 30.3 Å². The summed E-state index contributed by atoms with van der Waals surface area (Å²) in [6.07, 6.45) is 0. The topological polar surface area (TPSA) is 46.5 Å². The number of benzene rings is 1. The van der Waals surface area contributed by atoms with Crippen molar-refractivity contribution in [3.05, 3.63) is 30.3 Å². The van der Waals surface area contributed by atoms with Crippen molar-refractivity contribution in [3.8, 4) is 5.75 Å². The van der Waals surface area contributed by atoms with Crippen LogP contribution in [0.25, 0.3) is 0 Å². The summed E-state index contributed by atoms with van der Waals surface area (Å²) in [7, 11) is -2.84. The Morgan fingerprint density at radius 3 is 2.27 bits per heavy atom. The van der Waals surface area contributed by atoms with Gasteiger partial charge >= 0.3 is 8.25 Å². The average molecular weight is 302 g/mol. The first-order chi connectivity index (χ1) is 4.79. The fourth-order valence-corrected chi connectivity index (χ4v) is 0.927. The summed E-state index contributed by atoms with van der Waals surface area (Å²) in [4.78, 5) is 8.33. The predicted octanol–water partition coefficient (Wildman–Crippen LogP) is 1.45. The molecule has 1 N–H and O–H groups in total. The molecule has 11 heavy (non-hydrogen) atoms. The van der Waals surface area contributed by atoms with Crippen molar-refractivity contribution in [2.75, 3.05) is 0 Å². The molecule has 1 rings (SSSR count). The van der Waals surface area contributed by atoms with Crippen LogP contribution in [0.15, 0.2) is 30.3 Å². The molecule has 0 heterocycles. The third-order valence-electron chi connectivity index (χ3n) is 0.948. The molecule has 5 heteroatoms. The Morgan fingerprint density at radius 1 is 1.27 bits per heavy atom. The van der Waals surface area contributed by atoms with Gasteiger partial charge < -0.3 is 9.42 Å². The Bertz CT molecular complexity index is 227. The first-order valence-corrected chi connectivity index (χ1v) is 4.01. The minimum absolute atomic E-state index is 0. The summed E-state index contributed by atoms with van der Waals surface area (Å²) in [5.41, 5.74) is 0. The van der Waals surface area contributed by atoms with Crippen LogP contribution in [-0.2, 0) is 4.57 Å². The molecule has 3 nitrogen and oxygen atoms in total. The van der Waals surface area contributed by atoms with Crippen molar-refractivity contribution in [3.63, 3.8) is 0 Å². The van der Waals surface area contributed by atoms with E-state index >= 15 is 0 Å². The van der Waals surface area contributed by atoms with Gasteiger partial charge in [-0.1, -0.05) is 18.2 Å². The molecule has 1 aromatic carbocycles. The summed E-state index contributed by atoms with van der Waals surface area (Å²) >= 11 is 0. The van der Waals surface area contributed by atoms with E-state index in [-0.39, 0.29) is 40.8 Å². The van der Waals surface area contributed by atoms with E-state index in [0.717, 1.165) is 0 Å². The number of hydrogen-bond donors (Lipinski definition) is 1. The van der Waals surface area contributed by atoms with Crippen LogP contribution < -0.4 is 4.52 Å². The molecule has 0 bridgehead atoms. The quantitative estimate of drug-likeness (QED) is 0.841. The van der Waals surface area contributed by atoms with Crippen molar-refractivity contribution in [2.45, 2.75) is 0 Å². The van der Waals surface area contributed by atoms with Gasteiger partial charge in [0.1, 0.15) is 5.75 Å². The van der Waals surface area contributed by atoms with Crippen LogP contribution in [0.1, 0.15) is 0 Å². The van der Waals surface area contributed by atoms with E-state index in [1.165, 1.54) is 0 Å². The molecule has 0 aliphatic heterocycles. The maximum absolute atomic E-state index is 10.1. The van der Waals surface area contributed by atoms with Gasteiger partial charge in [0.25, 0.3) is 0 Å². The second-order valence-electron chi connectivity index (χ2n) is 1.68. The zero-order valence-corrected chi connectivity index (χ0v) is 9.86. The fourth-order valence-electron chi connectivity index (χ4n) is 0.589. The first-order valence-electron chi connectivity index (χ1n) is 2.75. The van der Waals surface area contributed by atoms with Crippen molar-refractivity contribution >= 4 is 8.25 Å². The maximum Gasteiger partial charge on any atom is 0.365 e. The molecule has 0 fully saturated rings. The molecule has 0 saturated heterocycles. The molecular weight excluding hydrogens is 295 g/mol. The summed E-state index contributed by atoms with van der Waals surface area (Å²) in [6, 6.07) is 8.53. The molecular formula is C6H7NdO3P. The van der Waals surface area contributed by atoms with Crippen molar-refractivity contribution in [1.82, 2.24) is 0 Å². The fraction of sp³-hybridized carbons (Fsp3) is 0. The molecule has 0 aliphatic rings. The van der Waals surface area contributed by atoms with Gasteiger partial charge in [-0.05, 0) is 12.1 Å². The third-order valence-corrected chi connectivity index (χ3v) is 1.36. The molecule has 0 spiro atoms. The summed E-state index contributed by atoms with van der Waals surface area (Å²) in [5.74, 6) is 0.425. The molecule has 0 aliphatic carbocycles. The Kier molecular flexibility index (Phi) is 6.43. The van der Waals surface area contributed by atoms with Crippen LogP contribution in [0.3, 0.4) is 0 Å². The van der Waals surface area contributed by atoms with Crippen molar-refractivity contribution in [1.29, 1.82) is 0 Å². The van der Waals surface area contributed by atoms with E-state index in [9.17, 15) is 4.57 Å². The average Bonchev–Trinajstić information content (AvgIpc) is 1.88. The number of para-hydroxylation sites is 1. The van der Waals surface area contributed by atoms with Crippen LogP contribution in [0.4, 0.5) is 0 Å². The molecule has 0 saturated carbocycles. The Morgan fingerprint density at radius 2 is 1.82 bits per heavy atom. The smallest absolute Gasteiger partial charge is 0.365 e. The monoisotopic (exact) mass is 300 g/mol. The molecule has 58 valence electrons. The SMILES string of the molecule is O=[PH](O)Oc1ccccc1.[Nd]. The molecule has 0 aromatic heterocycles. The molecule has 1 atom stereocenters. The molecule has 1 aromatic rings. The third kappa shape index (κ3) is 4.91. The van der Waals surface area contributed by atoms with Gasteiger partial charge in [-0.3, -0.25) is 0 Å².